The van der Waals surface area contributed by atoms with Crippen molar-refractivity contribution in [2.24, 2.45) is 0 Å². The summed E-state index contributed by atoms with van der Waals surface area (Å²) in [6.07, 6.45) is 3.88. The van der Waals surface area contributed by atoms with Gasteiger partial charge in [-0.3, -0.25) is 4.90 Å². The van der Waals surface area contributed by atoms with E-state index in [0.29, 0.717) is 11.9 Å². The molecule has 1 fully saturated rings. The summed E-state index contributed by atoms with van der Waals surface area (Å²) >= 11 is 5.81. The lowest BCUT2D eigenvalue weighted by molar-refractivity contribution is 0.127. The molecular formula is C13H17ClFN. The Balaban J connectivity index is 1.96. The zero-order valence-electron chi connectivity index (χ0n) is 9.33. The van der Waals surface area contributed by atoms with Crippen LogP contribution >= 0.6 is 11.6 Å². The van der Waals surface area contributed by atoms with E-state index in [-0.39, 0.29) is 5.82 Å². The van der Waals surface area contributed by atoms with Crippen LogP contribution < -0.4 is 0 Å². The van der Waals surface area contributed by atoms with Crippen molar-refractivity contribution in [1.82, 2.24) is 4.90 Å². The SMILES string of the molecule is Fc1ccc(CN(CCCl)C2CCC2)cc1. The zero-order valence-corrected chi connectivity index (χ0v) is 10.1. The van der Waals surface area contributed by atoms with Crippen molar-refractivity contribution in [2.75, 3.05) is 12.4 Å². The molecule has 0 spiro atoms. The van der Waals surface area contributed by atoms with E-state index in [1.807, 2.05) is 12.1 Å². The number of halogens is 2. The summed E-state index contributed by atoms with van der Waals surface area (Å²) in [4.78, 5) is 2.41. The fraction of sp³-hybridized carbons (Fsp3) is 0.538. The standard InChI is InChI=1S/C13H17ClFN/c14-8-9-16(13-2-1-3-13)10-11-4-6-12(15)7-5-11/h4-7,13H,1-3,8-10H2. The van der Waals surface area contributed by atoms with Crippen molar-refractivity contribution in [2.45, 2.75) is 31.8 Å². The highest BCUT2D eigenvalue weighted by molar-refractivity contribution is 6.18. The number of alkyl halides is 1. The molecule has 0 bridgehead atoms. The second-order valence-electron chi connectivity index (χ2n) is 4.37. The van der Waals surface area contributed by atoms with Gasteiger partial charge in [0.25, 0.3) is 0 Å². The van der Waals surface area contributed by atoms with Gasteiger partial charge in [-0.15, -0.1) is 11.6 Å². The average Bonchev–Trinajstić information content (AvgIpc) is 2.19. The smallest absolute Gasteiger partial charge is 0.123 e. The van der Waals surface area contributed by atoms with Crippen LogP contribution in [-0.2, 0) is 6.54 Å². The Morgan fingerprint density at radius 1 is 1.25 bits per heavy atom. The van der Waals surface area contributed by atoms with Crippen molar-refractivity contribution in [3.05, 3.63) is 35.6 Å². The maximum atomic E-state index is 12.8. The van der Waals surface area contributed by atoms with Crippen molar-refractivity contribution in [3.8, 4) is 0 Å². The third-order valence-electron chi connectivity index (χ3n) is 3.26. The number of nitrogens with zero attached hydrogens (tertiary/aromatic N) is 1. The summed E-state index contributed by atoms with van der Waals surface area (Å²) in [6.45, 7) is 1.81. The van der Waals surface area contributed by atoms with Gasteiger partial charge in [0, 0.05) is 25.0 Å². The van der Waals surface area contributed by atoms with Crippen LogP contribution in [0.25, 0.3) is 0 Å². The molecule has 1 aliphatic carbocycles. The molecule has 3 heteroatoms. The first-order chi connectivity index (χ1) is 7.79. The van der Waals surface area contributed by atoms with E-state index in [0.717, 1.165) is 13.1 Å². The van der Waals surface area contributed by atoms with Crippen LogP contribution in [0.4, 0.5) is 4.39 Å². The third kappa shape index (κ3) is 2.96. The lowest BCUT2D eigenvalue weighted by Gasteiger charge is -2.37. The maximum Gasteiger partial charge on any atom is 0.123 e. The fourth-order valence-corrected chi connectivity index (χ4v) is 2.29. The predicted molar refractivity (Wildman–Crippen MR) is 65.2 cm³/mol. The molecule has 0 amide bonds. The number of rotatable bonds is 5. The Morgan fingerprint density at radius 2 is 1.94 bits per heavy atom. The highest BCUT2D eigenvalue weighted by Crippen LogP contribution is 2.26. The molecule has 0 radical (unpaired) electrons. The van der Waals surface area contributed by atoms with E-state index < -0.39 is 0 Å². The first-order valence-corrected chi connectivity index (χ1v) is 6.37. The minimum Gasteiger partial charge on any atom is -0.295 e. The summed E-state index contributed by atoms with van der Waals surface area (Å²) < 4.78 is 12.8. The minimum atomic E-state index is -0.170. The van der Waals surface area contributed by atoms with Gasteiger partial charge >= 0.3 is 0 Å². The highest BCUT2D eigenvalue weighted by atomic mass is 35.5. The molecule has 1 nitrogen and oxygen atoms in total. The quantitative estimate of drug-likeness (QED) is 0.714. The van der Waals surface area contributed by atoms with Crippen LogP contribution in [0.15, 0.2) is 24.3 Å². The molecule has 1 saturated carbocycles. The molecule has 88 valence electrons. The normalized spacial score (nSPS) is 16.4. The van der Waals surface area contributed by atoms with Crippen LogP contribution in [0.1, 0.15) is 24.8 Å². The van der Waals surface area contributed by atoms with Crippen molar-refractivity contribution in [3.63, 3.8) is 0 Å². The second-order valence-corrected chi connectivity index (χ2v) is 4.75. The summed E-state index contributed by atoms with van der Waals surface area (Å²) in [5.41, 5.74) is 1.17. The molecule has 1 aromatic rings. The third-order valence-corrected chi connectivity index (χ3v) is 3.43. The van der Waals surface area contributed by atoms with Gasteiger partial charge in [0.2, 0.25) is 0 Å². The van der Waals surface area contributed by atoms with Gasteiger partial charge in [0.05, 0.1) is 0 Å². The zero-order chi connectivity index (χ0) is 11.4. The molecule has 0 saturated heterocycles. The lowest BCUT2D eigenvalue weighted by Crippen LogP contribution is -2.40. The molecule has 2 rings (SSSR count). The van der Waals surface area contributed by atoms with Gasteiger partial charge in [-0.05, 0) is 30.5 Å². The lowest BCUT2D eigenvalue weighted by atomic mass is 9.91. The number of hydrogen-bond acceptors (Lipinski definition) is 1. The van der Waals surface area contributed by atoms with Gasteiger partial charge in [-0.1, -0.05) is 18.6 Å². The van der Waals surface area contributed by atoms with E-state index in [1.54, 1.807) is 0 Å². The largest absolute Gasteiger partial charge is 0.295 e. The van der Waals surface area contributed by atoms with Crippen LogP contribution in [0.5, 0.6) is 0 Å². The molecule has 16 heavy (non-hydrogen) atoms. The second kappa shape index (κ2) is 5.65. The molecule has 0 unspecified atom stereocenters. The van der Waals surface area contributed by atoms with Gasteiger partial charge in [-0.2, -0.15) is 0 Å². The first kappa shape index (κ1) is 11.9. The highest BCUT2D eigenvalue weighted by Gasteiger charge is 2.24. The van der Waals surface area contributed by atoms with Gasteiger partial charge in [0.15, 0.2) is 0 Å². The summed E-state index contributed by atoms with van der Waals surface area (Å²) in [7, 11) is 0. The molecule has 1 aliphatic rings. The molecule has 0 aromatic heterocycles. The first-order valence-electron chi connectivity index (χ1n) is 5.84. The fourth-order valence-electron chi connectivity index (χ4n) is 2.08. The Morgan fingerprint density at radius 3 is 2.44 bits per heavy atom. The van der Waals surface area contributed by atoms with E-state index in [9.17, 15) is 4.39 Å². The molecule has 0 atom stereocenters. The Kier molecular flexibility index (Phi) is 4.19. The molecule has 1 aromatic carbocycles. The molecule has 0 aliphatic heterocycles. The van der Waals surface area contributed by atoms with E-state index in [2.05, 4.69) is 4.90 Å². The Labute approximate surface area is 101 Å². The summed E-state index contributed by atoms with van der Waals surface area (Å²) in [5, 5.41) is 0. The van der Waals surface area contributed by atoms with Gasteiger partial charge in [-0.25, -0.2) is 4.39 Å². The Bertz CT molecular complexity index is 321. The van der Waals surface area contributed by atoms with E-state index in [4.69, 9.17) is 11.6 Å². The van der Waals surface area contributed by atoms with Crippen LogP contribution in [0, 0.1) is 5.82 Å². The number of benzene rings is 1. The van der Waals surface area contributed by atoms with Gasteiger partial charge in [0.1, 0.15) is 5.82 Å². The van der Waals surface area contributed by atoms with Crippen LogP contribution in [0.3, 0.4) is 0 Å². The maximum absolute atomic E-state index is 12.8. The summed E-state index contributed by atoms with van der Waals surface area (Å²) in [6, 6.07) is 7.44. The minimum absolute atomic E-state index is 0.170. The van der Waals surface area contributed by atoms with Crippen molar-refractivity contribution >= 4 is 11.6 Å². The number of hydrogen-bond donors (Lipinski definition) is 0. The van der Waals surface area contributed by atoms with Crippen LogP contribution in [-0.4, -0.2) is 23.4 Å². The van der Waals surface area contributed by atoms with Crippen molar-refractivity contribution in [1.29, 1.82) is 0 Å². The van der Waals surface area contributed by atoms with Crippen LogP contribution in [0.2, 0.25) is 0 Å². The molecule has 0 N–H and O–H groups in total. The van der Waals surface area contributed by atoms with E-state index >= 15 is 0 Å². The topological polar surface area (TPSA) is 3.24 Å². The van der Waals surface area contributed by atoms with E-state index in [1.165, 1.54) is 37.0 Å². The molecule has 0 heterocycles. The van der Waals surface area contributed by atoms with Crippen molar-refractivity contribution < 1.29 is 4.39 Å². The molecular weight excluding hydrogens is 225 g/mol. The van der Waals surface area contributed by atoms with Gasteiger partial charge < -0.3 is 0 Å². The monoisotopic (exact) mass is 241 g/mol. The Hall–Kier alpha value is -0.600. The predicted octanol–water partition coefficient (Wildman–Crippen LogP) is 3.42. The summed E-state index contributed by atoms with van der Waals surface area (Å²) in [5.74, 6) is 0.494. The average molecular weight is 242 g/mol.